The van der Waals surface area contributed by atoms with Gasteiger partial charge in [-0.2, -0.15) is 0 Å². The third-order valence-electron chi connectivity index (χ3n) is 2.66. The van der Waals surface area contributed by atoms with Crippen LogP contribution < -0.4 is 10.6 Å². The molecule has 21 heavy (non-hydrogen) atoms. The number of hydrogen-bond acceptors (Lipinski definition) is 2. The number of benzene rings is 1. The first-order valence-electron chi connectivity index (χ1n) is 6.06. The van der Waals surface area contributed by atoms with Gasteiger partial charge in [-0.05, 0) is 32.4 Å². The number of aliphatic carboxylic acids is 1. The van der Waals surface area contributed by atoms with E-state index in [-0.39, 0.29) is 17.9 Å². The lowest BCUT2D eigenvalue weighted by molar-refractivity contribution is -0.137. The minimum atomic E-state index is -1.22. The molecule has 0 aliphatic rings. The average molecular weight is 321 g/mol. The molecule has 0 bridgehead atoms. The molecule has 0 aliphatic carbocycles. The molecule has 0 fully saturated rings. The lowest BCUT2D eigenvalue weighted by Gasteiger charge is -2.25. The highest BCUT2D eigenvalue weighted by Gasteiger charge is 2.22. The second-order valence-electron chi connectivity index (χ2n) is 5.11. The number of urea groups is 1. The molecule has 1 aromatic rings. The second-order valence-corrected chi connectivity index (χ2v) is 5.54. The van der Waals surface area contributed by atoms with Gasteiger partial charge < -0.3 is 15.7 Å². The molecule has 0 spiro atoms. The van der Waals surface area contributed by atoms with E-state index in [2.05, 4.69) is 10.6 Å². The summed E-state index contributed by atoms with van der Waals surface area (Å²) in [5.41, 5.74) is -1.22. The number of carbonyl (C=O) groups excluding carboxylic acids is 1. The summed E-state index contributed by atoms with van der Waals surface area (Å²) in [6.45, 7) is 3.23. The Bertz CT molecular complexity index is 565. The van der Waals surface area contributed by atoms with E-state index in [9.17, 15) is 18.4 Å². The van der Waals surface area contributed by atoms with Gasteiger partial charge in [-0.3, -0.25) is 4.79 Å². The number of rotatable bonds is 5. The number of carbonyl (C=O) groups is 2. The first-order chi connectivity index (χ1) is 9.60. The minimum Gasteiger partial charge on any atom is -0.481 e. The molecule has 2 amide bonds. The van der Waals surface area contributed by atoms with Gasteiger partial charge in [-0.1, -0.05) is 11.6 Å². The van der Waals surface area contributed by atoms with Crippen LogP contribution in [-0.2, 0) is 4.79 Å². The van der Waals surface area contributed by atoms with Crippen molar-refractivity contribution in [2.75, 3.05) is 5.32 Å². The first kappa shape index (κ1) is 17.2. The molecule has 1 aromatic carbocycles. The maximum absolute atomic E-state index is 13.5. The van der Waals surface area contributed by atoms with Crippen molar-refractivity contribution in [3.63, 3.8) is 0 Å². The summed E-state index contributed by atoms with van der Waals surface area (Å²) in [6, 6.07) is 1.08. The van der Waals surface area contributed by atoms with Crippen LogP contribution in [0.5, 0.6) is 0 Å². The summed E-state index contributed by atoms with van der Waals surface area (Å²) in [7, 11) is 0. The van der Waals surface area contributed by atoms with Crippen LogP contribution >= 0.6 is 11.6 Å². The Balaban J connectivity index is 2.72. The van der Waals surface area contributed by atoms with Crippen molar-refractivity contribution in [3.05, 3.63) is 28.8 Å². The van der Waals surface area contributed by atoms with Gasteiger partial charge >= 0.3 is 12.0 Å². The molecule has 0 heterocycles. The molecule has 0 atom stereocenters. The van der Waals surface area contributed by atoms with Gasteiger partial charge in [0.25, 0.3) is 0 Å². The van der Waals surface area contributed by atoms with Crippen LogP contribution in [0, 0.1) is 11.6 Å². The molecule has 0 aromatic heterocycles. The largest absolute Gasteiger partial charge is 0.481 e. The standard InChI is InChI=1S/C13H15ClF2N2O3/c1-13(2,4-3-10(19)20)18-12(21)17-9-6-7(14)5-8(15)11(9)16/h5-6H,3-4H2,1-2H3,(H,19,20)(H2,17,18,21). The topological polar surface area (TPSA) is 78.4 Å². The fourth-order valence-electron chi connectivity index (χ4n) is 1.59. The Morgan fingerprint density at radius 1 is 1.33 bits per heavy atom. The van der Waals surface area contributed by atoms with Crippen LogP contribution in [0.4, 0.5) is 19.3 Å². The van der Waals surface area contributed by atoms with Gasteiger partial charge in [0.05, 0.1) is 5.69 Å². The molecule has 8 heteroatoms. The minimum absolute atomic E-state index is 0.0608. The molecule has 0 unspecified atom stereocenters. The number of carboxylic acids is 1. The molecule has 116 valence electrons. The van der Waals surface area contributed by atoms with Crippen molar-refractivity contribution >= 4 is 29.3 Å². The number of carboxylic acid groups (broad SMARTS) is 1. The summed E-state index contributed by atoms with van der Waals surface area (Å²) in [5.74, 6) is -3.39. The van der Waals surface area contributed by atoms with E-state index in [0.717, 1.165) is 12.1 Å². The smallest absolute Gasteiger partial charge is 0.319 e. The van der Waals surface area contributed by atoms with Gasteiger partial charge in [0, 0.05) is 17.0 Å². The predicted octanol–water partition coefficient (Wildman–Crippen LogP) is 3.38. The van der Waals surface area contributed by atoms with Crippen LogP contribution in [0.25, 0.3) is 0 Å². The van der Waals surface area contributed by atoms with E-state index in [1.807, 2.05) is 0 Å². The van der Waals surface area contributed by atoms with Crippen LogP contribution in [0.1, 0.15) is 26.7 Å². The Morgan fingerprint density at radius 2 is 1.95 bits per heavy atom. The molecule has 3 N–H and O–H groups in total. The summed E-state index contributed by atoms with van der Waals surface area (Å²) in [4.78, 5) is 22.3. The monoisotopic (exact) mass is 320 g/mol. The van der Waals surface area contributed by atoms with E-state index in [4.69, 9.17) is 16.7 Å². The third kappa shape index (κ3) is 5.55. The van der Waals surface area contributed by atoms with Gasteiger partial charge in [-0.25, -0.2) is 13.6 Å². The van der Waals surface area contributed by atoms with Crippen LogP contribution in [0.15, 0.2) is 12.1 Å². The number of nitrogens with one attached hydrogen (secondary N) is 2. The zero-order chi connectivity index (χ0) is 16.2. The Kier molecular flexibility index (Phi) is 5.48. The van der Waals surface area contributed by atoms with Crippen LogP contribution in [0.3, 0.4) is 0 Å². The maximum atomic E-state index is 13.5. The summed E-state index contributed by atoms with van der Waals surface area (Å²) in [5, 5.41) is 13.2. The fraction of sp³-hybridized carbons (Fsp3) is 0.385. The Labute approximate surface area is 125 Å². The molecular formula is C13H15ClF2N2O3. The zero-order valence-electron chi connectivity index (χ0n) is 11.5. The third-order valence-corrected chi connectivity index (χ3v) is 2.88. The van der Waals surface area contributed by atoms with Crippen molar-refractivity contribution in [3.8, 4) is 0 Å². The molecule has 5 nitrogen and oxygen atoms in total. The molecule has 1 rings (SSSR count). The van der Waals surface area contributed by atoms with Crippen molar-refractivity contribution in [1.29, 1.82) is 0 Å². The SMILES string of the molecule is CC(C)(CCC(=O)O)NC(=O)Nc1cc(Cl)cc(F)c1F. The summed E-state index contributed by atoms with van der Waals surface area (Å²) in [6.07, 6.45) is 0.0512. The van der Waals surface area contributed by atoms with E-state index < -0.39 is 34.9 Å². The molecule has 0 aliphatic heterocycles. The van der Waals surface area contributed by atoms with Gasteiger partial charge in [0.2, 0.25) is 0 Å². The van der Waals surface area contributed by atoms with E-state index in [1.165, 1.54) is 0 Å². The maximum Gasteiger partial charge on any atom is 0.319 e. The molecule has 0 radical (unpaired) electrons. The predicted molar refractivity (Wildman–Crippen MR) is 74.5 cm³/mol. The van der Waals surface area contributed by atoms with Crippen molar-refractivity contribution in [2.45, 2.75) is 32.2 Å². The van der Waals surface area contributed by atoms with E-state index >= 15 is 0 Å². The average Bonchev–Trinajstić information content (AvgIpc) is 2.32. The molecular weight excluding hydrogens is 306 g/mol. The van der Waals surface area contributed by atoms with Crippen molar-refractivity contribution in [1.82, 2.24) is 5.32 Å². The number of amides is 2. The quantitative estimate of drug-likeness (QED) is 0.728. The highest BCUT2D eigenvalue weighted by Crippen LogP contribution is 2.23. The highest BCUT2D eigenvalue weighted by atomic mass is 35.5. The lowest BCUT2D eigenvalue weighted by Crippen LogP contribution is -2.45. The van der Waals surface area contributed by atoms with Gasteiger partial charge in [-0.15, -0.1) is 0 Å². The van der Waals surface area contributed by atoms with Crippen LogP contribution in [-0.4, -0.2) is 22.6 Å². The van der Waals surface area contributed by atoms with Crippen molar-refractivity contribution < 1.29 is 23.5 Å². The fourth-order valence-corrected chi connectivity index (χ4v) is 1.79. The summed E-state index contributed by atoms with van der Waals surface area (Å²) >= 11 is 5.58. The Hall–Kier alpha value is -1.89. The van der Waals surface area contributed by atoms with Gasteiger partial charge in [0.1, 0.15) is 0 Å². The van der Waals surface area contributed by atoms with Gasteiger partial charge in [0.15, 0.2) is 11.6 Å². The lowest BCUT2D eigenvalue weighted by atomic mass is 9.99. The second kappa shape index (κ2) is 6.71. The van der Waals surface area contributed by atoms with E-state index in [1.54, 1.807) is 13.8 Å². The molecule has 0 saturated heterocycles. The normalized spacial score (nSPS) is 11.1. The van der Waals surface area contributed by atoms with Crippen LogP contribution in [0.2, 0.25) is 5.02 Å². The number of halogens is 3. The highest BCUT2D eigenvalue weighted by molar-refractivity contribution is 6.30. The van der Waals surface area contributed by atoms with E-state index in [0.29, 0.717) is 0 Å². The number of hydrogen-bond donors (Lipinski definition) is 3. The zero-order valence-corrected chi connectivity index (χ0v) is 12.2. The molecule has 0 saturated carbocycles. The van der Waals surface area contributed by atoms with Crippen molar-refractivity contribution in [2.24, 2.45) is 0 Å². The summed E-state index contributed by atoms with van der Waals surface area (Å²) < 4.78 is 26.6. The number of anilines is 1. The Morgan fingerprint density at radius 3 is 2.52 bits per heavy atom. The first-order valence-corrected chi connectivity index (χ1v) is 6.44.